The molecule has 0 spiro atoms. The number of alkyl halides is 1. The van der Waals surface area contributed by atoms with Gasteiger partial charge < -0.3 is 9.47 Å². The van der Waals surface area contributed by atoms with Gasteiger partial charge in [-0.05, 0) is 31.0 Å². The van der Waals surface area contributed by atoms with Gasteiger partial charge in [-0.1, -0.05) is 13.8 Å². The van der Waals surface area contributed by atoms with Crippen molar-refractivity contribution in [3.8, 4) is 11.5 Å². The molecule has 0 radical (unpaired) electrons. The number of carbonyl (C=O) groups excluding carboxylic acids is 1. The second-order valence-corrected chi connectivity index (χ2v) is 4.60. The third-order valence-corrected chi connectivity index (χ3v) is 2.70. The molecule has 0 amide bonds. The second-order valence-electron chi connectivity index (χ2n) is 4.22. The Bertz CT molecular complexity index is 404. The summed E-state index contributed by atoms with van der Waals surface area (Å²) >= 11 is 5.63. The van der Waals surface area contributed by atoms with Crippen LogP contribution < -0.4 is 9.47 Å². The summed E-state index contributed by atoms with van der Waals surface area (Å²) in [6, 6.07) is 5.37. The Balaban J connectivity index is 2.92. The van der Waals surface area contributed by atoms with Gasteiger partial charge in [-0.25, -0.2) is 0 Å². The molecule has 0 fully saturated rings. The number of Topliss-reactive ketones (excluding diaryl/α,β-unsaturated/α-hetero) is 1. The maximum atomic E-state index is 12.0. The van der Waals surface area contributed by atoms with Crippen LogP contribution in [-0.4, -0.2) is 24.9 Å². The highest BCUT2D eigenvalue weighted by molar-refractivity contribution is 6.19. The van der Waals surface area contributed by atoms with Gasteiger partial charge in [-0.15, -0.1) is 11.6 Å². The number of ether oxygens (including phenoxy) is 2. The Morgan fingerprint density at radius 2 is 1.84 bits per heavy atom. The fourth-order valence-corrected chi connectivity index (χ4v) is 1.77. The van der Waals surface area contributed by atoms with Gasteiger partial charge in [0.2, 0.25) is 0 Å². The minimum atomic E-state index is -0.0111. The number of benzene rings is 1. The Kier molecular flexibility index (Phi) is 7.34. The molecule has 1 aromatic rings. The molecule has 1 aromatic carbocycles. The van der Waals surface area contributed by atoms with Crippen molar-refractivity contribution in [1.29, 1.82) is 0 Å². The van der Waals surface area contributed by atoms with E-state index in [4.69, 9.17) is 21.1 Å². The molecule has 0 bridgehead atoms. The first-order valence-corrected chi connectivity index (χ1v) is 7.25. The van der Waals surface area contributed by atoms with Crippen LogP contribution in [0.1, 0.15) is 43.5 Å². The van der Waals surface area contributed by atoms with E-state index in [0.717, 1.165) is 12.8 Å². The topological polar surface area (TPSA) is 35.5 Å². The fourth-order valence-electron chi connectivity index (χ4n) is 1.60. The molecular formula is C15H21ClO3. The molecule has 0 aliphatic carbocycles. The number of hydrogen-bond donors (Lipinski definition) is 0. The third-order valence-electron chi connectivity index (χ3n) is 2.51. The van der Waals surface area contributed by atoms with Crippen molar-refractivity contribution in [1.82, 2.24) is 0 Å². The Morgan fingerprint density at radius 1 is 1.16 bits per heavy atom. The molecule has 0 atom stereocenters. The number of rotatable bonds is 9. The van der Waals surface area contributed by atoms with E-state index < -0.39 is 0 Å². The molecule has 0 saturated heterocycles. The van der Waals surface area contributed by atoms with Crippen LogP contribution in [-0.2, 0) is 0 Å². The van der Waals surface area contributed by atoms with E-state index in [2.05, 4.69) is 0 Å². The van der Waals surface area contributed by atoms with Crippen LogP contribution in [0.5, 0.6) is 11.5 Å². The molecule has 0 N–H and O–H groups in total. The molecule has 1 rings (SSSR count). The second kappa shape index (κ2) is 8.81. The number of carbonyl (C=O) groups is 1. The van der Waals surface area contributed by atoms with Gasteiger partial charge in [-0.3, -0.25) is 4.79 Å². The van der Waals surface area contributed by atoms with Crippen molar-refractivity contribution in [3.05, 3.63) is 23.8 Å². The van der Waals surface area contributed by atoms with Gasteiger partial charge in [0, 0.05) is 12.3 Å². The molecule has 0 unspecified atom stereocenters. The van der Waals surface area contributed by atoms with Gasteiger partial charge in [0.05, 0.1) is 18.8 Å². The first-order valence-electron chi connectivity index (χ1n) is 6.71. The summed E-state index contributed by atoms with van der Waals surface area (Å²) in [5.41, 5.74) is 0.558. The summed E-state index contributed by atoms with van der Waals surface area (Å²) in [4.78, 5) is 12.0. The monoisotopic (exact) mass is 284 g/mol. The van der Waals surface area contributed by atoms with Crippen LogP contribution in [0.2, 0.25) is 0 Å². The van der Waals surface area contributed by atoms with Crippen LogP contribution in [0.25, 0.3) is 0 Å². The first kappa shape index (κ1) is 15.8. The molecule has 4 heteroatoms. The van der Waals surface area contributed by atoms with E-state index in [0.29, 0.717) is 42.6 Å². The minimum absolute atomic E-state index is 0.0111. The Morgan fingerprint density at radius 3 is 2.47 bits per heavy atom. The maximum absolute atomic E-state index is 12.0. The number of hydrogen-bond acceptors (Lipinski definition) is 3. The van der Waals surface area contributed by atoms with Crippen molar-refractivity contribution < 1.29 is 14.3 Å². The Hall–Kier alpha value is -1.22. The zero-order valence-electron chi connectivity index (χ0n) is 11.6. The zero-order chi connectivity index (χ0) is 14.1. The SMILES string of the molecule is CCCOc1ccc(OCCC)c(C(=O)CCCl)c1. The van der Waals surface area contributed by atoms with Crippen LogP contribution in [0.3, 0.4) is 0 Å². The van der Waals surface area contributed by atoms with Gasteiger partial charge in [0.25, 0.3) is 0 Å². The molecular weight excluding hydrogens is 264 g/mol. The maximum Gasteiger partial charge on any atom is 0.167 e. The standard InChI is InChI=1S/C15H21ClO3/c1-3-9-18-12-5-6-15(19-10-4-2)13(11-12)14(17)7-8-16/h5-6,11H,3-4,7-10H2,1-2H3. The number of halogens is 1. The lowest BCUT2D eigenvalue weighted by atomic mass is 10.1. The van der Waals surface area contributed by atoms with Gasteiger partial charge >= 0.3 is 0 Å². The lowest BCUT2D eigenvalue weighted by Crippen LogP contribution is -2.06. The lowest BCUT2D eigenvalue weighted by molar-refractivity contribution is 0.0984. The van der Waals surface area contributed by atoms with E-state index in [1.54, 1.807) is 12.1 Å². The summed E-state index contributed by atoms with van der Waals surface area (Å²) < 4.78 is 11.1. The van der Waals surface area contributed by atoms with E-state index in [9.17, 15) is 4.79 Å². The summed E-state index contributed by atoms with van der Waals surface area (Å²) in [6.45, 7) is 5.30. The average Bonchev–Trinajstić information content (AvgIpc) is 2.43. The van der Waals surface area contributed by atoms with Gasteiger partial charge in [-0.2, -0.15) is 0 Å². The summed E-state index contributed by atoms with van der Waals surface area (Å²) in [5.74, 6) is 1.61. The van der Waals surface area contributed by atoms with Crippen LogP contribution >= 0.6 is 11.6 Å². The summed E-state index contributed by atoms with van der Waals surface area (Å²) in [5, 5.41) is 0. The van der Waals surface area contributed by atoms with E-state index >= 15 is 0 Å². The zero-order valence-corrected chi connectivity index (χ0v) is 12.3. The van der Waals surface area contributed by atoms with Crippen LogP contribution in [0.15, 0.2) is 18.2 Å². The van der Waals surface area contributed by atoms with Crippen LogP contribution in [0.4, 0.5) is 0 Å². The summed E-state index contributed by atoms with van der Waals surface area (Å²) in [6.07, 6.45) is 2.14. The van der Waals surface area contributed by atoms with Crippen molar-refractivity contribution in [2.45, 2.75) is 33.1 Å². The normalized spacial score (nSPS) is 10.3. The molecule has 0 heterocycles. The van der Waals surface area contributed by atoms with Crippen molar-refractivity contribution in [2.75, 3.05) is 19.1 Å². The minimum Gasteiger partial charge on any atom is -0.494 e. The molecule has 0 aromatic heterocycles. The van der Waals surface area contributed by atoms with Crippen LogP contribution in [0, 0.1) is 0 Å². The predicted octanol–water partition coefficient (Wildman–Crippen LogP) is 4.08. The van der Waals surface area contributed by atoms with Crippen molar-refractivity contribution >= 4 is 17.4 Å². The smallest absolute Gasteiger partial charge is 0.167 e. The largest absolute Gasteiger partial charge is 0.494 e. The van der Waals surface area contributed by atoms with Crippen molar-refractivity contribution in [2.24, 2.45) is 0 Å². The molecule has 0 aliphatic heterocycles. The molecule has 3 nitrogen and oxygen atoms in total. The van der Waals surface area contributed by atoms with Gasteiger partial charge in [0.1, 0.15) is 11.5 Å². The Labute approximate surface area is 119 Å². The summed E-state index contributed by atoms with van der Waals surface area (Å²) in [7, 11) is 0. The van der Waals surface area contributed by atoms with E-state index in [-0.39, 0.29) is 5.78 Å². The molecule has 0 aliphatic rings. The lowest BCUT2D eigenvalue weighted by Gasteiger charge is -2.12. The highest BCUT2D eigenvalue weighted by Crippen LogP contribution is 2.26. The van der Waals surface area contributed by atoms with E-state index in [1.807, 2.05) is 19.9 Å². The predicted molar refractivity (Wildman–Crippen MR) is 77.7 cm³/mol. The fraction of sp³-hybridized carbons (Fsp3) is 0.533. The highest BCUT2D eigenvalue weighted by atomic mass is 35.5. The quantitative estimate of drug-likeness (QED) is 0.506. The van der Waals surface area contributed by atoms with Gasteiger partial charge in [0.15, 0.2) is 5.78 Å². The third kappa shape index (κ3) is 5.11. The number of ketones is 1. The van der Waals surface area contributed by atoms with E-state index in [1.165, 1.54) is 0 Å². The molecule has 0 saturated carbocycles. The first-order chi connectivity index (χ1) is 9.22. The molecule has 106 valence electrons. The van der Waals surface area contributed by atoms with Crippen molar-refractivity contribution in [3.63, 3.8) is 0 Å². The highest BCUT2D eigenvalue weighted by Gasteiger charge is 2.13. The molecule has 19 heavy (non-hydrogen) atoms. The average molecular weight is 285 g/mol.